The van der Waals surface area contributed by atoms with Gasteiger partial charge < -0.3 is 4.74 Å². The predicted molar refractivity (Wildman–Crippen MR) is 39.3 cm³/mol. The molecule has 1 aliphatic rings. The molecule has 0 aromatic heterocycles. The van der Waals surface area contributed by atoms with Gasteiger partial charge in [-0.15, -0.1) is 11.6 Å². The maximum atomic E-state index is 10.9. The van der Waals surface area contributed by atoms with Gasteiger partial charge in [-0.2, -0.15) is 0 Å². The predicted octanol–water partition coefficient (Wildman–Crippen LogP) is 0.603. The summed E-state index contributed by atoms with van der Waals surface area (Å²) in [5, 5.41) is 0. The van der Waals surface area contributed by atoms with E-state index in [9.17, 15) is 9.59 Å². The minimum atomic E-state index is -0.298. The third-order valence-electron chi connectivity index (χ3n) is 1.84. The first-order valence-corrected chi connectivity index (χ1v) is 3.90. The number of hydrogen-bond donors (Lipinski definition) is 0. The van der Waals surface area contributed by atoms with Gasteiger partial charge in [0.1, 0.15) is 0 Å². The monoisotopic (exact) mass is 176 g/mol. The Hall–Kier alpha value is -0.570. The van der Waals surface area contributed by atoms with E-state index in [0.29, 0.717) is 6.42 Å². The van der Waals surface area contributed by atoms with Crippen molar-refractivity contribution in [1.82, 2.24) is 0 Å². The second-order valence-electron chi connectivity index (χ2n) is 2.57. The number of ether oxygens (including phenoxy) is 1. The van der Waals surface area contributed by atoms with Crippen molar-refractivity contribution in [1.29, 1.82) is 0 Å². The van der Waals surface area contributed by atoms with Gasteiger partial charge in [-0.25, -0.2) is 0 Å². The summed E-state index contributed by atoms with van der Waals surface area (Å²) >= 11 is 5.30. The molecule has 11 heavy (non-hydrogen) atoms. The van der Waals surface area contributed by atoms with Gasteiger partial charge in [0.25, 0.3) is 0 Å². The number of hydrogen-bond acceptors (Lipinski definition) is 3. The number of halogens is 1. The topological polar surface area (TPSA) is 43.4 Å². The number of alkyl halides is 1. The van der Waals surface area contributed by atoms with E-state index in [1.807, 2.05) is 0 Å². The summed E-state index contributed by atoms with van der Waals surface area (Å²) < 4.78 is 4.46. The van der Waals surface area contributed by atoms with Crippen molar-refractivity contribution in [2.75, 3.05) is 13.0 Å². The molecule has 0 unspecified atom stereocenters. The standard InChI is InChI=1S/C7H9ClO3/c1-11-7(10)5-2-4(5)6(9)3-8/h4-5H,2-3H2,1H3/t4-,5+/m0/s1. The smallest absolute Gasteiger partial charge is 0.309 e. The van der Waals surface area contributed by atoms with Crippen molar-refractivity contribution in [3.05, 3.63) is 0 Å². The lowest BCUT2D eigenvalue weighted by Gasteiger charge is -1.94. The highest BCUT2D eigenvalue weighted by molar-refractivity contribution is 6.28. The van der Waals surface area contributed by atoms with Gasteiger partial charge in [0.2, 0.25) is 0 Å². The quantitative estimate of drug-likeness (QED) is 0.467. The minimum Gasteiger partial charge on any atom is -0.469 e. The van der Waals surface area contributed by atoms with Crippen LogP contribution in [-0.2, 0) is 14.3 Å². The van der Waals surface area contributed by atoms with Gasteiger partial charge in [0, 0.05) is 5.92 Å². The van der Waals surface area contributed by atoms with E-state index in [-0.39, 0.29) is 29.5 Å². The van der Waals surface area contributed by atoms with E-state index in [1.54, 1.807) is 0 Å². The van der Waals surface area contributed by atoms with Crippen LogP contribution >= 0.6 is 11.6 Å². The van der Waals surface area contributed by atoms with Gasteiger partial charge in [0.15, 0.2) is 5.78 Å². The van der Waals surface area contributed by atoms with Crippen LogP contribution in [0.2, 0.25) is 0 Å². The Morgan fingerprint density at radius 2 is 2.18 bits per heavy atom. The molecule has 0 heterocycles. The van der Waals surface area contributed by atoms with Gasteiger partial charge in [-0.3, -0.25) is 9.59 Å². The Balaban J connectivity index is 2.37. The summed E-state index contributed by atoms with van der Waals surface area (Å²) in [6.07, 6.45) is 0.609. The van der Waals surface area contributed by atoms with E-state index in [0.717, 1.165) is 0 Å². The van der Waals surface area contributed by atoms with Crippen molar-refractivity contribution in [2.45, 2.75) is 6.42 Å². The van der Waals surface area contributed by atoms with Crippen LogP contribution in [0, 0.1) is 11.8 Å². The first kappa shape index (κ1) is 8.53. The fraction of sp³-hybridized carbons (Fsp3) is 0.714. The summed E-state index contributed by atoms with van der Waals surface area (Å²) in [6.45, 7) is 0. The van der Waals surface area contributed by atoms with Crippen LogP contribution in [0.3, 0.4) is 0 Å². The zero-order valence-corrected chi connectivity index (χ0v) is 6.93. The highest BCUT2D eigenvalue weighted by atomic mass is 35.5. The molecule has 0 spiro atoms. The third-order valence-corrected chi connectivity index (χ3v) is 2.10. The second kappa shape index (κ2) is 3.22. The second-order valence-corrected chi connectivity index (χ2v) is 2.84. The van der Waals surface area contributed by atoms with Crippen LogP contribution in [0.1, 0.15) is 6.42 Å². The molecule has 0 aliphatic heterocycles. The molecule has 1 rings (SSSR count). The lowest BCUT2D eigenvalue weighted by molar-refractivity contribution is -0.143. The van der Waals surface area contributed by atoms with E-state index >= 15 is 0 Å². The highest BCUT2D eigenvalue weighted by Crippen LogP contribution is 2.40. The largest absolute Gasteiger partial charge is 0.469 e. The van der Waals surface area contributed by atoms with Crippen molar-refractivity contribution in [3.63, 3.8) is 0 Å². The van der Waals surface area contributed by atoms with Gasteiger partial charge in [0.05, 0.1) is 18.9 Å². The Labute approximate surface area is 69.7 Å². The molecular weight excluding hydrogens is 168 g/mol. The summed E-state index contributed by atoms with van der Waals surface area (Å²) in [5.74, 6) is -0.736. The Morgan fingerprint density at radius 3 is 2.64 bits per heavy atom. The molecule has 0 bridgehead atoms. The number of ketones is 1. The number of esters is 1. The average Bonchev–Trinajstić information content (AvgIpc) is 2.80. The zero-order chi connectivity index (χ0) is 8.43. The van der Waals surface area contributed by atoms with Crippen LogP contribution in [0.4, 0.5) is 0 Å². The number of methoxy groups -OCH3 is 1. The van der Waals surface area contributed by atoms with Crippen molar-refractivity contribution in [2.24, 2.45) is 11.8 Å². The molecule has 4 heteroatoms. The number of Topliss-reactive ketones (excluding diaryl/α,β-unsaturated/α-hetero) is 1. The van der Waals surface area contributed by atoms with Crippen LogP contribution in [0.5, 0.6) is 0 Å². The van der Waals surface area contributed by atoms with Crippen molar-refractivity contribution >= 4 is 23.4 Å². The SMILES string of the molecule is COC(=O)[C@@H]1C[C@@H]1C(=O)CCl. The number of carbonyl (C=O) groups is 2. The Bertz CT molecular complexity index is 170. The Morgan fingerprint density at radius 1 is 1.55 bits per heavy atom. The molecule has 2 atom stereocenters. The number of rotatable bonds is 3. The lowest BCUT2D eigenvalue weighted by atomic mass is 10.2. The van der Waals surface area contributed by atoms with Crippen molar-refractivity contribution in [3.8, 4) is 0 Å². The van der Waals surface area contributed by atoms with Crippen LogP contribution < -0.4 is 0 Å². The van der Waals surface area contributed by atoms with E-state index in [4.69, 9.17) is 11.6 Å². The minimum absolute atomic E-state index is 0.00182. The Kier molecular flexibility index (Phi) is 2.49. The maximum absolute atomic E-state index is 10.9. The first-order valence-electron chi connectivity index (χ1n) is 3.37. The van der Waals surface area contributed by atoms with E-state index in [2.05, 4.69) is 4.74 Å². The fourth-order valence-electron chi connectivity index (χ4n) is 1.06. The fourth-order valence-corrected chi connectivity index (χ4v) is 1.26. The van der Waals surface area contributed by atoms with Gasteiger partial charge in [-0.1, -0.05) is 0 Å². The molecule has 0 radical (unpaired) electrons. The van der Waals surface area contributed by atoms with Crippen LogP contribution in [-0.4, -0.2) is 24.7 Å². The zero-order valence-electron chi connectivity index (χ0n) is 6.17. The molecule has 0 amide bonds. The third kappa shape index (κ3) is 1.71. The van der Waals surface area contributed by atoms with Crippen LogP contribution in [0.15, 0.2) is 0 Å². The molecule has 0 aromatic carbocycles. The molecule has 62 valence electrons. The summed E-state index contributed by atoms with van der Waals surface area (Å²) in [6, 6.07) is 0. The highest BCUT2D eigenvalue weighted by Gasteiger charge is 2.48. The lowest BCUT2D eigenvalue weighted by Crippen LogP contribution is -2.10. The van der Waals surface area contributed by atoms with E-state index < -0.39 is 0 Å². The molecule has 0 saturated heterocycles. The molecular formula is C7H9ClO3. The summed E-state index contributed by atoms with van der Waals surface area (Å²) in [7, 11) is 1.32. The van der Waals surface area contributed by atoms with Gasteiger partial charge in [-0.05, 0) is 6.42 Å². The number of carbonyl (C=O) groups excluding carboxylic acids is 2. The molecule has 0 aromatic rings. The molecule has 1 fully saturated rings. The van der Waals surface area contributed by atoms with Gasteiger partial charge >= 0.3 is 5.97 Å². The average molecular weight is 177 g/mol. The normalized spacial score (nSPS) is 27.8. The molecule has 1 aliphatic carbocycles. The molecule has 3 nitrogen and oxygen atoms in total. The van der Waals surface area contributed by atoms with Crippen LogP contribution in [0.25, 0.3) is 0 Å². The summed E-state index contributed by atoms with van der Waals surface area (Å²) in [5.41, 5.74) is 0. The first-order chi connectivity index (χ1) is 5.20. The van der Waals surface area contributed by atoms with Crippen molar-refractivity contribution < 1.29 is 14.3 Å². The summed E-state index contributed by atoms with van der Waals surface area (Å²) in [4.78, 5) is 21.7. The molecule has 1 saturated carbocycles. The molecule has 0 N–H and O–H groups in total. The van der Waals surface area contributed by atoms with E-state index in [1.165, 1.54) is 7.11 Å². The maximum Gasteiger partial charge on any atom is 0.309 e.